The maximum Gasteiger partial charge on any atom is 0.261 e. The molecular formula is C17H13ClN4OS. The maximum atomic E-state index is 11.9. The second kappa shape index (κ2) is 7.30. The number of rotatable bonds is 5. The molecule has 0 aliphatic carbocycles. The van der Waals surface area contributed by atoms with E-state index in [0.717, 1.165) is 10.9 Å². The van der Waals surface area contributed by atoms with Crippen molar-refractivity contribution in [1.82, 2.24) is 10.3 Å². The molecule has 0 bridgehead atoms. The molecular weight excluding hydrogens is 344 g/mol. The third-order valence-electron chi connectivity index (χ3n) is 3.41. The molecule has 3 aromatic rings. The second-order valence-corrected chi connectivity index (χ2v) is 6.36. The van der Waals surface area contributed by atoms with E-state index in [1.54, 1.807) is 18.2 Å². The summed E-state index contributed by atoms with van der Waals surface area (Å²) in [5.41, 5.74) is 1.87. The summed E-state index contributed by atoms with van der Waals surface area (Å²) >= 11 is 7.45. The molecule has 2 N–H and O–H groups in total. The topological polar surface area (TPSA) is 77.8 Å². The Morgan fingerprint density at radius 2 is 2.21 bits per heavy atom. The van der Waals surface area contributed by atoms with Crippen molar-refractivity contribution in [1.29, 1.82) is 5.26 Å². The zero-order valence-electron chi connectivity index (χ0n) is 12.5. The van der Waals surface area contributed by atoms with Crippen molar-refractivity contribution >= 4 is 45.4 Å². The van der Waals surface area contributed by atoms with E-state index in [9.17, 15) is 10.1 Å². The van der Waals surface area contributed by atoms with Gasteiger partial charge in [0.15, 0.2) is 0 Å². The van der Waals surface area contributed by atoms with Gasteiger partial charge in [0.1, 0.15) is 6.07 Å². The first-order valence-electron chi connectivity index (χ1n) is 7.23. The summed E-state index contributed by atoms with van der Waals surface area (Å²) in [6.07, 6.45) is 1.53. The predicted octanol–water partition coefficient (Wildman–Crippen LogP) is 3.66. The van der Waals surface area contributed by atoms with E-state index in [1.165, 1.54) is 17.5 Å². The third kappa shape index (κ3) is 3.48. The number of carbonyl (C=O) groups is 1. The number of nitrogens with zero attached hydrogens (tertiary/aromatic N) is 2. The monoisotopic (exact) mass is 356 g/mol. The minimum Gasteiger partial charge on any atom is -0.382 e. The largest absolute Gasteiger partial charge is 0.382 e. The van der Waals surface area contributed by atoms with E-state index in [-0.39, 0.29) is 5.91 Å². The number of hydrogen-bond acceptors (Lipinski definition) is 5. The van der Waals surface area contributed by atoms with E-state index < -0.39 is 0 Å². The van der Waals surface area contributed by atoms with Crippen molar-refractivity contribution in [3.05, 3.63) is 57.4 Å². The Bertz CT molecular complexity index is 918. The van der Waals surface area contributed by atoms with Crippen molar-refractivity contribution in [3.8, 4) is 6.07 Å². The lowest BCUT2D eigenvalue weighted by Crippen LogP contribution is -2.28. The summed E-state index contributed by atoms with van der Waals surface area (Å²) in [5.74, 6) is -0.102. The van der Waals surface area contributed by atoms with Crippen molar-refractivity contribution in [2.75, 3.05) is 18.4 Å². The van der Waals surface area contributed by atoms with E-state index in [0.29, 0.717) is 34.2 Å². The lowest BCUT2D eigenvalue weighted by Gasteiger charge is -2.12. The quantitative estimate of drug-likeness (QED) is 0.684. The number of benzene rings is 1. The molecule has 5 nitrogen and oxygen atoms in total. The van der Waals surface area contributed by atoms with Crippen LogP contribution >= 0.6 is 22.9 Å². The van der Waals surface area contributed by atoms with Crippen LogP contribution in [0.25, 0.3) is 10.9 Å². The van der Waals surface area contributed by atoms with Crippen LogP contribution in [0.1, 0.15) is 15.2 Å². The van der Waals surface area contributed by atoms with Gasteiger partial charge in [0.2, 0.25) is 0 Å². The van der Waals surface area contributed by atoms with Gasteiger partial charge in [-0.3, -0.25) is 9.78 Å². The Kier molecular flexibility index (Phi) is 4.94. The first kappa shape index (κ1) is 16.2. The van der Waals surface area contributed by atoms with Gasteiger partial charge in [0, 0.05) is 29.7 Å². The van der Waals surface area contributed by atoms with Gasteiger partial charge in [-0.1, -0.05) is 17.7 Å². The minimum absolute atomic E-state index is 0.102. The molecule has 0 saturated carbocycles. The molecule has 7 heteroatoms. The third-order valence-corrected chi connectivity index (χ3v) is 4.51. The zero-order chi connectivity index (χ0) is 16.9. The Balaban J connectivity index is 1.71. The van der Waals surface area contributed by atoms with Gasteiger partial charge >= 0.3 is 0 Å². The van der Waals surface area contributed by atoms with Crippen LogP contribution in [-0.4, -0.2) is 24.0 Å². The smallest absolute Gasteiger partial charge is 0.261 e. The summed E-state index contributed by atoms with van der Waals surface area (Å²) in [4.78, 5) is 16.8. The molecule has 2 heterocycles. The van der Waals surface area contributed by atoms with Crippen LogP contribution in [0.3, 0.4) is 0 Å². The minimum atomic E-state index is -0.102. The fourth-order valence-corrected chi connectivity index (χ4v) is 3.11. The Hall–Kier alpha value is -2.62. The highest BCUT2D eigenvalue weighted by Gasteiger charge is 2.10. The summed E-state index contributed by atoms with van der Waals surface area (Å²) < 4.78 is 0. The van der Waals surface area contributed by atoms with Crippen LogP contribution < -0.4 is 10.6 Å². The van der Waals surface area contributed by atoms with E-state index in [1.807, 2.05) is 17.5 Å². The fraction of sp³-hybridized carbons (Fsp3) is 0.118. The Morgan fingerprint density at radius 3 is 2.96 bits per heavy atom. The SMILES string of the molecule is N#Cc1cnc2ccc(Cl)cc2c1NCCNC(=O)c1cccs1. The maximum absolute atomic E-state index is 11.9. The molecule has 1 aromatic carbocycles. The zero-order valence-corrected chi connectivity index (χ0v) is 14.1. The van der Waals surface area contributed by atoms with Gasteiger partial charge in [-0.25, -0.2) is 0 Å². The van der Waals surface area contributed by atoms with Crippen molar-refractivity contribution in [3.63, 3.8) is 0 Å². The number of anilines is 1. The Labute approximate surface area is 147 Å². The number of carbonyl (C=O) groups excluding carboxylic acids is 1. The molecule has 0 unspecified atom stereocenters. The second-order valence-electron chi connectivity index (χ2n) is 4.98. The predicted molar refractivity (Wildman–Crippen MR) is 96.6 cm³/mol. The number of fused-ring (bicyclic) bond motifs is 1. The number of halogens is 1. The highest BCUT2D eigenvalue weighted by molar-refractivity contribution is 7.12. The molecule has 0 fully saturated rings. The normalized spacial score (nSPS) is 10.3. The standard InChI is InChI=1S/C17H13ClN4OS/c18-12-3-4-14-13(8-12)16(11(9-19)10-22-14)20-5-6-21-17(23)15-2-1-7-24-15/h1-4,7-8,10H,5-6H2,(H,20,22)(H,21,23). The summed E-state index contributed by atoms with van der Waals surface area (Å²) in [6, 6.07) is 11.1. The molecule has 120 valence electrons. The van der Waals surface area contributed by atoms with Crippen molar-refractivity contribution < 1.29 is 4.79 Å². The first-order chi connectivity index (χ1) is 11.7. The number of pyridine rings is 1. The molecule has 0 spiro atoms. The van der Waals surface area contributed by atoms with Crippen LogP contribution in [0.2, 0.25) is 5.02 Å². The average molecular weight is 357 g/mol. The summed E-state index contributed by atoms with van der Waals surface area (Å²) in [5, 5.41) is 18.5. The van der Waals surface area contributed by atoms with Gasteiger partial charge in [-0.15, -0.1) is 11.3 Å². The van der Waals surface area contributed by atoms with Gasteiger partial charge in [0.25, 0.3) is 5.91 Å². The number of aromatic nitrogens is 1. The number of thiophene rings is 1. The molecule has 2 aromatic heterocycles. The van der Waals surface area contributed by atoms with Crippen LogP contribution in [-0.2, 0) is 0 Å². The summed E-state index contributed by atoms with van der Waals surface area (Å²) in [7, 11) is 0. The van der Waals surface area contributed by atoms with E-state index >= 15 is 0 Å². The van der Waals surface area contributed by atoms with Gasteiger partial charge in [-0.2, -0.15) is 5.26 Å². The van der Waals surface area contributed by atoms with E-state index in [2.05, 4.69) is 21.7 Å². The summed E-state index contributed by atoms with van der Waals surface area (Å²) in [6.45, 7) is 0.920. The van der Waals surface area contributed by atoms with Crippen LogP contribution in [0.4, 0.5) is 5.69 Å². The molecule has 1 amide bonds. The number of nitriles is 1. The highest BCUT2D eigenvalue weighted by atomic mass is 35.5. The lowest BCUT2D eigenvalue weighted by atomic mass is 10.1. The van der Waals surface area contributed by atoms with Gasteiger partial charge in [-0.05, 0) is 29.6 Å². The average Bonchev–Trinajstić information content (AvgIpc) is 3.13. The number of hydrogen-bond donors (Lipinski definition) is 2. The van der Waals surface area contributed by atoms with Crippen molar-refractivity contribution in [2.24, 2.45) is 0 Å². The fourth-order valence-electron chi connectivity index (χ4n) is 2.30. The first-order valence-corrected chi connectivity index (χ1v) is 8.49. The molecule has 0 atom stereocenters. The highest BCUT2D eigenvalue weighted by Crippen LogP contribution is 2.27. The van der Waals surface area contributed by atoms with Crippen LogP contribution in [0.5, 0.6) is 0 Å². The van der Waals surface area contributed by atoms with Gasteiger partial charge < -0.3 is 10.6 Å². The molecule has 0 aliphatic rings. The molecule has 3 rings (SSSR count). The Morgan fingerprint density at radius 1 is 1.33 bits per heavy atom. The molecule has 0 radical (unpaired) electrons. The molecule has 0 aliphatic heterocycles. The van der Waals surface area contributed by atoms with E-state index in [4.69, 9.17) is 11.6 Å². The van der Waals surface area contributed by atoms with Crippen LogP contribution in [0.15, 0.2) is 41.9 Å². The van der Waals surface area contributed by atoms with Gasteiger partial charge in [0.05, 0.1) is 21.6 Å². The van der Waals surface area contributed by atoms with Crippen LogP contribution in [0, 0.1) is 11.3 Å². The molecule has 0 saturated heterocycles. The number of amides is 1. The van der Waals surface area contributed by atoms with Crippen molar-refractivity contribution in [2.45, 2.75) is 0 Å². The number of nitrogens with one attached hydrogen (secondary N) is 2. The molecule has 24 heavy (non-hydrogen) atoms. The lowest BCUT2D eigenvalue weighted by molar-refractivity contribution is 0.0959.